The zero-order valence-corrected chi connectivity index (χ0v) is 13.2. The van der Waals surface area contributed by atoms with Gasteiger partial charge in [0.05, 0.1) is 0 Å². The molecule has 0 aliphatic rings. The molecule has 0 saturated carbocycles. The highest BCUT2D eigenvalue weighted by Crippen LogP contribution is 2.24. The van der Waals surface area contributed by atoms with Crippen molar-refractivity contribution < 1.29 is 0 Å². The van der Waals surface area contributed by atoms with E-state index < -0.39 is 0 Å². The highest BCUT2D eigenvalue weighted by atomic mass is 35.5. The summed E-state index contributed by atoms with van der Waals surface area (Å²) in [7, 11) is 0. The maximum Gasteiger partial charge on any atom is 0.0470 e. The lowest BCUT2D eigenvalue weighted by atomic mass is 9.99. The molecule has 0 spiro atoms. The van der Waals surface area contributed by atoms with E-state index in [0.29, 0.717) is 6.54 Å². The van der Waals surface area contributed by atoms with Crippen molar-refractivity contribution in [3.63, 3.8) is 0 Å². The average molecular weight is 283 g/mol. The fourth-order valence-corrected chi connectivity index (χ4v) is 2.76. The minimum Gasteiger partial charge on any atom is -0.329 e. The molecule has 0 bridgehead atoms. The van der Waals surface area contributed by atoms with E-state index in [1.807, 2.05) is 18.2 Å². The molecule has 3 heteroatoms. The van der Waals surface area contributed by atoms with Gasteiger partial charge in [0.15, 0.2) is 0 Å². The molecule has 1 aromatic rings. The van der Waals surface area contributed by atoms with Crippen LogP contribution in [0.3, 0.4) is 0 Å². The normalized spacial score (nSPS) is 13.2. The Hall–Kier alpha value is -0.570. The van der Waals surface area contributed by atoms with Crippen LogP contribution in [0.4, 0.5) is 0 Å². The van der Waals surface area contributed by atoms with Gasteiger partial charge in [-0.3, -0.25) is 4.90 Å². The van der Waals surface area contributed by atoms with Crippen LogP contribution in [0.5, 0.6) is 0 Å². The van der Waals surface area contributed by atoms with Gasteiger partial charge in [-0.1, -0.05) is 57.3 Å². The summed E-state index contributed by atoms with van der Waals surface area (Å²) >= 11 is 6.09. The summed E-state index contributed by atoms with van der Waals surface area (Å²) < 4.78 is 0. The molecule has 0 saturated heterocycles. The van der Waals surface area contributed by atoms with Crippen LogP contribution < -0.4 is 5.73 Å². The van der Waals surface area contributed by atoms with Crippen molar-refractivity contribution in [1.29, 1.82) is 0 Å². The molecule has 108 valence electrons. The first kappa shape index (κ1) is 16.5. The molecule has 0 aliphatic heterocycles. The molecule has 1 atom stereocenters. The molecular formula is C16H27ClN2. The smallest absolute Gasteiger partial charge is 0.0470 e. The van der Waals surface area contributed by atoms with Crippen molar-refractivity contribution in [2.75, 3.05) is 19.6 Å². The Morgan fingerprint density at radius 2 is 1.89 bits per heavy atom. The second kappa shape index (κ2) is 8.57. The van der Waals surface area contributed by atoms with Crippen LogP contribution in [0.2, 0.25) is 5.02 Å². The number of nitrogens with zero attached hydrogens (tertiary/aromatic N) is 1. The minimum absolute atomic E-state index is 0.268. The first-order chi connectivity index (χ1) is 9.15. The molecule has 0 aliphatic carbocycles. The van der Waals surface area contributed by atoms with Crippen molar-refractivity contribution in [3.05, 3.63) is 34.9 Å². The number of halogens is 1. The highest BCUT2D eigenvalue weighted by molar-refractivity contribution is 6.30. The largest absolute Gasteiger partial charge is 0.329 e. The predicted octanol–water partition coefficient (Wildman–Crippen LogP) is 4.10. The van der Waals surface area contributed by atoms with Gasteiger partial charge in [0, 0.05) is 24.2 Å². The third-order valence-electron chi connectivity index (χ3n) is 3.95. The lowest BCUT2D eigenvalue weighted by Crippen LogP contribution is -2.37. The van der Waals surface area contributed by atoms with E-state index in [-0.39, 0.29) is 6.04 Å². The Labute approximate surface area is 122 Å². The Bertz CT molecular complexity index is 364. The number of rotatable bonds is 8. The van der Waals surface area contributed by atoms with Crippen molar-refractivity contribution >= 4 is 11.6 Å². The van der Waals surface area contributed by atoms with Crippen molar-refractivity contribution in [3.8, 4) is 0 Å². The summed E-state index contributed by atoms with van der Waals surface area (Å²) in [5.41, 5.74) is 7.23. The van der Waals surface area contributed by atoms with E-state index in [9.17, 15) is 0 Å². The summed E-state index contributed by atoms with van der Waals surface area (Å²) in [6.45, 7) is 9.49. The van der Waals surface area contributed by atoms with E-state index in [1.165, 1.54) is 18.4 Å². The SMILES string of the molecule is CCC(CC)CN(CC)C(CN)c1cccc(Cl)c1. The molecular weight excluding hydrogens is 256 g/mol. The molecule has 0 amide bonds. The number of benzene rings is 1. The Morgan fingerprint density at radius 1 is 1.21 bits per heavy atom. The van der Waals surface area contributed by atoms with Crippen molar-refractivity contribution in [2.45, 2.75) is 39.7 Å². The standard InChI is InChI=1S/C16H27ClN2/c1-4-13(5-2)12-19(6-3)16(11-18)14-8-7-9-15(17)10-14/h7-10,13,16H,4-6,11-12,18H2,1-3H3. The fraction of sp³-hybridized carbons (Fsp3) is 0.625. The minimum atomic E-state index is 0.268. The van der Waals surface area contributed by atoms with Gasteiger partial charge in [0.2, 0.25) is 0 Å². The summed E-state index contributed by atoms with van der Waals surface area (Å²) in [6.07, 6.45) is 2.44. The fourth-order valence-electron chi connectivity index (χ4n) is 2.57. The van der Waals surface area contributed by atoms with E-state index >= 15 is 0 Å². The molecule has 0 aromatic heterocycles. The van der Waals surface area contributed by atoms with Crippen LogP contribution in [-0.4, -0.2) is 24.5 Å². The lowest BCUT2D eigenvalue weighted by Gasteiger charge is -2.33. The number of likely N-dealkylation sites (N-methyl/N-ethyl adjacent to an activating group) is 1. The maximum atomic E-state index is 6.09. The topological polar surface area (TPSA) is 29.3 Å². The van der Waals surface area contributed by atoms with Gasteiger partial charge >= 0.3 is 0 Å². The Balaban J connectivity index is 2.86. The van der Waals surface area contributed by atoms with Gasteiger partial charge in [0.25, 0.3) is 0 Å². The second-order valence-electron chi connectivity index (χ2n) is 5.08. The highest BCUT2D eigenvalue weighted by Gasteiger charge is 2.20. The van der Waals surface area contributed by atoms with E-state index in [0.717, 1.165) is 24.0 Å². The van der Waals surface area contributed by atoms with Gasteiger partial charge in [-0.2, -0.15) is 0 Å². The zero-order chi connectivity index (χ0) is 14.3. The molecule has 19 heavy (non-hydrogen) atoms. The lowest BCUT2D eigenvalue weighted by molar-refractivity contribution is 0.174. The van der Waals surface area contributed by atoms with Gasteiger partial charge in [-0.15, -0.1) is 0 Å². The van der Waals surface area contributed by atoms with Crippen molar-refractivity contribution in [2.24, 2.45) is 11.7 Å². The van der Waals surface area contributed by atoms with Crippen LogP contribution in [0.15, 0.2) is 24.3 Å². The monoisotopic (exact) mass is 282 g/mol. The molecule has 1 unspecified atom stereocenters. The predicted molar refractivity (Wildman–Crippen MR) is 84.6 cm³/mol. The average Bonchev–Trinajstić information content (AvgIpc) is 2.43. The molecule has 1 aromatic carbocycles. The van der Waals surface area contributed by atoms with Gasteiger partial charge in [0.1, 0.15) is 0 Å². The number of hydrogen-bond donors (Lipinski definition) is 1. The molecule has 2 nitrogen and oxygen atoms in total. The summed E-state index contributed by atoms with van der Waals surface area (Å²) in [4.78, 5) is 2.48. The quantitative estimate of drug-likeness (QED) is 0.778. The number of nitrogens with two attached hydrogens (primary N) is 1. The molecule has 0 radical (unpaired) electrons. The Morgan fingerprint density at radius 3 is 2.37 bits per heavy atom. The van der Waals surface area contributed by atoms with Gasteiger partial charge in [-0.05, 0) is 30.2 Å². The van der Waals surface area contributed by atoms with Crippen LogP contribution in [0.1, 0.15) is 45.2 Å². The Kier molecular flexibility index (Phi) is 7.44. The van der Waals surface area contributed by atoms with Crippen LogP contribution in [0.25, 0.3) is 0 Å². The van der Waals surface area contributed by atoms with Crippen LogP contribution in [-0.2, 0) is 0 Å². The molecule has 0 heterocycles. The maximum absolute atomic E-state index is 6.09. The van der Waals surface area contributed by atoms with Crippen LogP contribution in [0, 0.1) is 5.92 Å². The molecule has 2 N–H and O–H groups in total. The third kappa shape index (κ3) is 4.79. The molecule has 1 rings (SSSR count). The first-order valence-electron chi connectivity index (χ1n) is 7.35. The van der Waals surface area contributed by atoms with Crippen molar-refractivity contribution in [1.82, 2.24) is 4.90 Å². The second-order valence-corrected chi connectivity index (χ2v) is 5.51. The van der Waals surface area contributed by atoms with Gasteiger partial charge < -0.3 is 5.73 Å². The molecule has 0 fully saturated rings. The summed E-state index contributed by atoms with van der Waals surface area (Å²) in [5.74, 6) is 0.744. The zero-order valence-electron chi connectivity index (χ0n) is 12.4. The number of hydrogen-bond acceptors (Lipinski definition) is 2. The first-order valence-corrected chi connectivity index (χ1v) is 7.73. The van der Waals surface area contributed by atoms with Crippen LogP contribution >= 0.6 is 11.6 Å². The van der Waals surface area contributed by atoms with E-state index in [4.69, 9.17) is 17.3 Å². The summed E-state index contributed by atoms with van der Waals surface area (Å²) in [5, 5.41) is 0.787. The van der Waals surface area contributed by atoms with E-state index in [1.54, 1.807) is 0 Å². The van der Waals surface area contributed by atoms with Gasteiger partial charge in [-0.25, -0.2) is 0 Å². The van der Waals surface area contributed by atoms with E-state index in [2.05, 4.69) is 31.7 Å². The third-order valence-corrected chi connectivity index (χ3v) is 4.19. The summed E-state index contributed by atoms with van der Waals surface area (Å²) in [6, 6.07) is 8.35.